The highest BCUT2D eigenvalue weighted by Crippen LogP contribution is 2.29. The summed E-state index contributed by atoms with van der Waals surface area (Å²) in [4.78, 5) is 42.5. The van der Waals surface area contributed by atoms with E-state index in [-0.39, 0.29) is 11.8 Å². The number of urea groups is 1. The third-order valence-corrected chi connectivity index (χ3v) is 6.36. The number of carbonyl (C=O) groups is 3. The first-order valence-electron chi connectivity index (χ1n) is 9.37. The number of amides is 4. The molecule has 4 amide bonds. The van der Waals surface area contributed by atoms with E-state index in [1.165, 1.54) is 16.9 Å². The molecule has 2 aromatic rings. The van der Waals surface area contributed by atoms with Crippen LogP contribution < -0.4 is 10.6 Å². The van der Waals surface area contributed by atoms with Crippen LogP contribution in [0.2, 0.25) is 0 Å². The Labute approximate surface area is 167 Å². The van der Waals surface area contributed by atoms with Gasteiger partial charge in [-0.3, -0.25) is 14.9 Å². The van der Waals surface area contributed by atoms with Crippen molar-refractivity contribution in [2.75, 3.05) is 13.1 Å². The molecule has 0 bridgehead atoms. The van der Waals surface area contributed by atoms with E-state index in [2.05, 4.69) is 41.6 Å². The van der Waals surface area contributed by atoms with Crippen molar-refractivity contribution in [3.63, 3.8) is 0 Å². The predicted molar refractivity (Wildman–Crippen MR) is 106 cm³/mol. The molecule has 0 saturated carbocycles. The van der Waals surface area contributed by atoms with E-state index in [0.717, 1.165) is 10.6 Å². The molecule has 146 valence electrons. The average Bonchev–Trinajstić information content (AvgIpc) is 3.27. The lowest BCUT2D eigenvalue weighted by atomic mass is 9.87. The van der Waals surface area contributed by atoms with Crippen molar-refractivity contribution in [3.05, 3.63) is 40.9 Å². The average molecular weight is 398 g/mol. The number of nitrogens with one attached hydrogen (secondary N) is 2. The number of imide groups is 1. The second kappa shape index (κ2) is 7.01. The van der Waals surface area contributed by atoms with Gasteiger partial charge in [-0.25, -0.2) is 9.78 Å². The summed E-state index contributed by atoms with van der Waals surface area (Å²) < 4.78 is 0. The summed E-state index contributed by atoms with van der Waals surface area (Å²) in [7, 11) is 0. The van der Waals surface area contributed by atoms with Crippen LogP contribution in [0, 0.1) is 0 Å². The van der Waals surface area contributed by atoms with Crippen LogP contribution in [0.4, 0.5) is 4.79 Å². The van der Waals surface area contributed by atoms with Gasteiger partial charge in [0.15, 0.2) is 0 Å². The summed E-state index contributed by atoms with van der Waals surface area (Å²) in [5.74, 6) is 0.0304. The zero-order valence-electron chi connectivity index (χ0n) is 15.8. The number of hydrogen-bond acceptors (Lipinski definition) is 5. The third kappa shape index (κ3) is 3.28. The molecule has 0 atom stereocenters. The van der Waals surface area contributed by atoms with Crippen LogP contribution in [-0.4, -0.2) is 46.4 Å². The van der Waals surface area contributed by atoms with Gasteiger partial charge in [0.2, 0.25) is 0 Å². The fourth-order valence-electron chi connectivity index (χ4n) is 3.65. The largest absolute Gasteiger partial charge is 0.337 e. The van der Waals surface area contributed by atoms with Crippen molar-refractivity contribution < 1.29 is 14.4 Å². The molecule has 2 saturated heterocycles. The molecule has 4 rings (SSSR count). The number of benzene rings is 1. The molecule has 2 N–H and O–H groups in total. The first-order valence-corrected chi connectivity index (χ1v) is 10.2. The van der Waals surface area contributed by atoms with Gasteiger partial charge >= 0.3 is 6.03 Å². The topological polar surface area (TPSA) is 91.4 Å². The molecule has 0 unspecified atom stereocenters. The van der Waals surface area contributed by atoms with Crippen LogP contribution in [0.25, 0.3) is 10.6 Å². The molecule has 1 aromatic heterocycles. The van der Waals surface area contributed by atoms with Crippen molar-refractivity contribution in [2.24, 2.45) is 0 Å². The fourth-order valence-corrected chi connectivity index (χ4v) is 4.45. The first kappa shape index (κ1) is 18.6. The lowest BCUT2D eigenvalue weighted by Gasteiger charge is -2.36. The molecule has 2 aliphatic rings. The quantitative estimate of drug-likeness (QED) is 0.778. The Bertz CT molecular complexity index is 927. The molecule has 1 aromatic carbocycles. The third-order valence-electron chi connectivity index (χ3n) is 5.47. The number of hydrogen-bond donors (Lipinski definition) is 2. The van der Waals surface area contributed by atoms with Gasteiger partial charge in [-0.2, -0.15) is 0 Å². The number of likely N-dealkylation sites (tertiary alicyclic amines) is 1. The molecule has 2 fully saturated rings. The van der Waals surface area contributed by atoms with Gasteiger partial charge in [-0.1, -0.05) is 38.1 Å². The summed E-state index contributed by atoms with van der Waals surface area (Å²) in [6.07, 6.45) is 0.813. The van der Waals surface area contributed by atoms with Crippen LogP contribution in [0.1, 0.15) is 48.7 Å². The summed E-state index contributed by atoms with van der Waals surface area (Å²) in [6.45, 7) is 5.11. The minimum atomic E-state index is -0.876. The van der Waals surface area contributed by atoms with E-state index >= 15 is 0 Å². The lowest BCUT2D eigenvalue weighted by molar-refractivity contribution is -0.125. The maximum atomic E-state index is 12.8. The highest BCUT2D eigenvalue weighted by molar-refractivity contribution is 7.13. The van der Waals surface area contributed by atoms with Gasteiger partial charge in [0, 0.05) is 24.0 Å². The second-order valence-electron chi connectivity index (χ2n) is 7.60. The van der Waals surface area contributed by atoms with E-state index in [0.29, 0.717) is 37.5 Å². The van der Waals surface area contributed by atoms with E-state index in [4.69, 9.17) is 0 Å². The Balaban J connectivity index is 1.44. The molecule has 8 heteroatoms. The Morgan fingerprint density at radius 1 is 1.18 bits per heavy atom. The van der Waals surface area contributed by atoms with Crippen LogP contribution in [-0.2, 0) is 4.79 Å². The van der Waals surface area contributed by atoms with Gasteiger partial charge in [-0.15, -0.1) is 11.3 Å². The Morgan fingerprint density at radius 3 is 2.43 bits per heavy atom. The number of carbonyl (C=O) groups excluding carboxylic acids is 3. The van der Waals surface area contributed by atoms with E-state index < -0.39 is 11.6 Å². The van der Waals surface area contributed by atoms with E-state index in [9.17, 15) is 14.4 Å². The highest BCUT2D eigenvalue weighted by atomic mass is 32.1. The second-order valence-corrected chi connectivity index (χ2v) is 8.46. The molecule has 1 spiro atoms. The monoisotopic (exact) mass is 398 g/mol. The number of nitrogens with zero attached hydrogens (tertiary/aromatic N) is 2. The maximum absolute atomic E-state index is 12.8. The smallest absolute Gasteiger partial charge is 0.322 e. The Kier molecular flexibility index (Phi) is 4.66. The van der Waals surface area contributed by atoms with Gasteiger partial charge < -0.3 is 10.2 Å². The first-order chi connectivity index (χ1) is 13.4. The molecular formula is C20H22N4O3S. The zero-order chi connectivity index (χ0) is 19.9. The number of thiazole rings is 1. The highest BCUT2D eigenvalue weighted by Gasteiger charge is 2.48. The molecule has 0 radical (unpaired) electrons. The molecule has 0 aliphatic carbocycles. The summed E-state index contributed by atoms with van der Waals surface area (Å²) >= 11 is 1.45. The number of rotatable bonds is 3. The van der Waals surface area contributed by atoms with Crippen molar-refractivity contribution in [1.29, 1.82) is 0 Å². The molecule has 28 heavy (non-hydrogen) atoms. The van der Waals surface area contributed by atoms with Crippen LogP contribution >= 0.6 is 11.3 Å². The van der Waals surface area contributed by atoms with E-state index in [1.807, 2.05) is 12.1 Å². The molecule has 7 nitrogen and oxygen atoms in total. The molecule has 2 aliphatic heterocycles. The van der Waals surface area contributed by atoms with Gasteiger partial charge in [0.05, 0.1) is 0 Å². The minimum Gasteiger partial charge on any atom is -0.337 e. The maximum Gasteiger partial charge on any atom is 0.322 e. The Morgan fingerprint density at radius 2 is 1.86 bits per heavy atom. The number of piperidine rings is 1. The van der Waals surface area contributed by atoms with Crippen LogP contribution in [0.15, 0.2) is 29.6 Å². The number of aromatic nitrogens is 1. The minimum absolute atomic E-state index is 0.138. The normalized spacial score (nSPS) is 18.5. The van der Waals surface area contributed by atoms with Crippen molar-refractivity contribution in [1.82, 2.24) is 20.5 Å². The predicted octanol–water partition coefficient (Wildman–Crippen LogP) is 2.75. The molecule has 3 heterocycles. The zero-order valence-corrected chi connectivity index (χ0v) is 16.6. The lowest BCUT2D eigenvalue weighted by Crippen LogP contribution is -2.55. The summed E-state index contributed by atoms with van der Waals surface area (Å²) in [6, 6.07) is 7.79. The van der Waals surface area contributed by atoms with Gasteiger partial charge in [-0.05, 0) is 24.3 Å². The summed E-state index contributed by atoms with van der Waals surface area (Å²) in [5.41, 5.74) is 1.81. The standard InChI is InChI=1S/C20H22N4O3S/c1-12(2)13-3-5-14(6-4-13)16-21-15(11-28-16)17(25)24-9-7-20(8-10-24)18(26)22-19(27)23-20/h3-6,11-12H,7-10H2,1-2H3,(H2,22,23,26,27). The van der Waals surface area contributed by atoms with Crippen LogP contribution in [0.3, 0.4) is 0 Å². The van der Waals surface area contributed by atoms with Gasteiger partial charge in [0.25, 0.3) is 11.8 Å². The van der Waals surface area contributed by atoms with Crippen LogP contribution in [0.5, 0.6) is 0 Å². The van der Waals surface area contributed by atoms with Crippen molar-refractivity contribution >= 4 is 29.2 Å². The van der Waals surface area contributed by atoms with Crippen molar-refractivity contribution in [2.45, 2.75) is 38.1 Å². The fraction of sp³-hybridized carbons (Fsp3) is 0.400. The van der Waals surface area contributed by atoms with Crippen molar-refractivity contribution in [3.8, 4) is 10.6 Å². The van der Waals surface area contributed by atoms with E-state index in [1.54, 1.807) is 10.3 Å². The SMILES string of the molecule is CC(C)c1ccc(-c2nc(C(=O)N3CCC4(CC3)NC(=O)NC4=O)cs2)cc1. The van der Waals surface area contributed by atoms with Gasteiger partial charge in [0.1, 0.15) is 16.2 Å². The summed E-state index contributed by atoms with van der Waals surface area (Å²) in [5, 5.41) is 7.58. The molecular weight excluding hydrogens is 376 g/mol. The Hall–Kier alpha value is -2.74.